The van der Waals surface area contributed by atoms with Crippen LogP contribution in [0.4, 0.5) is 0 Å². The van der Waals surface area contributed by atoms with Gasteiger partial charge in [0.05, 0.1) is 11.9 Å². The van der Waals surface area contributed by atoms with Crippen LogP contribution in [-0.2, 0) is 13.0 Å². The molecule has 0 radical (unpaired) electrons. The Labute approximate surface area is 145 Å². The molecule has 2 heterocycles. The van der Waals surface area contributed by atoms with E-state index in [1.807, 2.05) is 14.1 Å². The third-order valence-electron chi connectivity index (χ3n) is 4.49. The average molecular weight is 333 g/mol. The molecule has 1 atom stereocenters. The Bertz CT molecular complexity index is 552. The Morgan fingerprint density at radius 2 is 2.17 bits per heavy atom. The number of carbonyl (C=O) groups excluding carboxylic acids is 1. The van der Waals surface area contributed by atoms with Gasteiger partial charge >= 0.3 is 0 Å². The number of fused-ring (bicyclic) bond motifs is 1. The zero-order chi connectivity index (χ0) is 17.4. The number of likely N-dealkylation sites (N-methyl/N-ethyl adjacent to an activating group) is 1. The fraction of sp³-hybridized carbons (Fsp3) is 0.667. The van der Waals surface area contributed by atoms with E-state index in [4.69, 9.17) is 4.98 Å². The molecule has 6 heteroatoms. The van der Waals surface area contributed by atoms with Crippen molar-refractivity contribution >= 4 is 6.29 Å². The van der Waals surface area contributed by atoms with E-state index in [-0.39, 0.29) is 6.17 Å². The van der Waals surface area contributed by atoms with Crippen LogP contribution >= 0.6 is 0 Å². The molecule has 0 aliphatic carbocycles. The van der Waals surface area contributed by atoms with Crippen molar-refractivity contribution in [3.63, 3.8) is 0 Å². The van der Waals surface area contributed by atoms with Crippen LogP contribution in [0.1, 0.15) is 54.4 Å². The van der Waals surface area contributed by atoms with E-state index in [0.717, 1.165) is 68.8 Å². The van der Waals surface area contributed by atoms with E-state index in [2.05, 4.69) is 39.2 Å². The molecule has 0 bridgehead atoms. The van der Waals surface area contributed by atoms with Gasteiger partial charge in [-0.05, 0) is 39.9 Å². The van der Waals surface area contributed by atoms with E-state index in [0.29, 0.717) is 6.54 Å². The largest absolute Gasteiger partial charge is 0.318 e. The second kappa shape index (κ2) is 9.71. The van der Waals surface area contributed by atoms with Crippen molar-refractivity contribution in [3.05, 3.63) is 29.4 Å². The van der Waals surface area contributed by atoms with E-state index in [9.17, 15) is 4.79 Å². The molecule has 6 nitrogen and oxygen atoms in total. The summed E-state index contributed by atoms with van der Waals surface area (Å²) in [5, 5.41) is 6.37. The summed E-state index contributed by atoms with van der Waals surface area (Å²) in [5.74, 6) is 0.994. The highest BCUT2D eigenvalue weighted by Crippen LogP contribution is 2.27. The molecule has 1 unspecified atom stereocenters. The minimum Gasteiger partial charge on any atom is -0.318 e. The molecule has 1 aromatic rings. The average Bonchev–Trinajstić information content (AvgIpc) is 2.89. The minimum atomic E-state index is 0.191. The first-order valence-electron chi connectivity index (χ1n) is 9.00. The Balaban J connectivity index is 2.44. The third kappa shape index (κ3) is 4.32. The number of hydrogen-bond donors (Lipinski definition) is 2. The van der Waals surface area contributed by atoms with Crippen molar-refractivity contribution in [2.24, 2.45) is 0 Å². The number of hydrogen-bond acceptors (Lipinski definition) is 5. The van der Waals surface area contributed by atoms with Crippen molar-refractivity contribution in [2.75, 3.05) is 33.7 Å². The molecule has 134 valence electrons. The molecule has 2 rings (SSSR count). The Morgan fingerprint density at radius 1 is 1.33 bits per heavy atom. The lowest BCUT2D eigenvalue weighted by Gasteiger charge is -2.34. The van der Waals surface area contributed by atoms with E-state index in [1.54, 1.807) is 0 Å². The number of nitrogens with zero attached hydrogens (tertiary/aromatic N) is 3. The fourth-order valence-electron chi connectivity index (χ4n) is 3.42. The summed E-state index contributed by atoms with van der Waals surface area (Å²) >= 11 is 0. The molecule has 1 aliphatic rings. The maximum Gasteiger partial charge on any atom is 0.168 e. The van der Waals surface area contributed by atoms with Crippen LogP contribution < -0.4 is 10.6 Å². The van der Waals surface area contributed by atoms with Crippen LogP contribution in [0.5, 0.6) is 0 Å². The quantitative estimate of drug-likeness (QED) is 0.532. The summed E-state index contributed by atoms with van der Waals surface area (Å²) in [6.45, 7) is 5.76. The van der Waals surface area contributed by atoms with Gasteiger partial charge in [-0.1, -0.05) is 19.1 Å². The van der Waals surface area contributed by atoms with Crippen molar-refractivity contribution in [2.45, 2.75) is 45.3 Å². The van der Waals surface area contributed by atoms with Gasteiger partial charge in [-0.2, -0.15) is 0 Å². The third-order valence-corrected chi connectivity index (χ3v) is 4.49. The van der Waals surface area contributed by atoms with Gasteiger partial charge in [-0.25, -0.2) is 4.98 Å². The van der Waals surface area contributed by atoms with Gasteiger partial charge in [0.25, 0.3) is 0 Å². The molecule has 0 fully saturated rings. The molecule has 1 aromatic heterocycles. The molecule has 1 aliphatic heterocycles. The van der Waals surface area contributed by atoms with Crippen molar-refractivity contribution in [1.29, 1.82) is 0 Å². The molecule has 24 heavy (non-hydrogen) atoms. The van der Waals surface area contributed by atoms with Crippen LogP contribution in [0, 0.1) is 0 Å². The lowest BCUT2D eigenvalue weighted by atomic mass is 10.1. The maximum absolute atomic E-state index is 11.8. The molecular weight excluding hydrogens is 302 g/mol. The predicted molar refractivity (Wildman–Crippen MR) is 97.3 cm³/mol. The summed E-state index contributed by atoms with van der Waals surface area (Å²) in [6.07, 6.45) is 9.49. The van der Waals surface area contributed by atoms with Crippen molar-refractivity contribution < 1.29 is 4.79 Å². The maximum atomic E-state index is 11.8. The van der Waals surface area contributed by atoms with Crippen LogP contribution in [0.15, 0.2) is 12.2 Å². The van der Waals surface area contributed by atoms with Gasteiger partial charge < -0.3 is 15.2 Å². The van der Waals surface area contributed by atoms with Crippen LogP contribution in [-0.4, -0.2) is 54.5 Å². The molecule has 0 saturated heterocycles. The van der Waals surface area contributed by atoms with Crippen LogP contribution in [0.25, 0.3) is 0 Å². The zero-order valence-electron chi connectivity index (χ0n) is 15.2. The number of aromatic nitrogens is 2. The van der Waals surface area contributed by atoms with E-state index >= 15 is 0 Å². The number of imidazole rings is 1. The van der Waals surface area contributed by atoms with E-state index in [1.165, 1.54) is 0 Å². The Morgan fingerprint density at radius 3 is 2.83 bits per heavy atom. The zero-order valence-corrected chi connectivity index (χ0v) is 15.2. The normalized spacial score (nSPS) is 18.9. The van der Waals surface area contributed by atoms with Gasteiger partial charge in [0.15, 0.2) is 6.29 Å². The standard InChI is InChI=1S/C18H31N5O/c1-4-11-22(12-10-19-2)18-9-7-5-6-8-17-21-15(13-20-3)16(14-24)23(17)18/h5-6,14,18-20H,4,7-13H2,1-3H3/b6-5-. The topological polar surface area (TPSA) is 62.2 Å². The fourth-order valence-corrected chi connectivity index (χ4v) is 3.42. The van der Waals surface area contributed by atoms with Gasteiger partial charge in [0.2, 0.25) is 0 Å². The molecule has 0 spiro atoms. The van der Waals surface area contributed by atoms with Crippen molar-refractivity contribution in [1.82, 2.24) is 25.1 Å². The van der Waals surface area contributed by atoms with Gasteiger partial charge in [-0.3, -0.25) is 9.69 Å². The summed E-state index contributed by atoms with van der Waals surface area (Å²) in [7, 11) is 3.87. The monoisotopic (exact) mass is 333 g/mol. The second-order valence-electron chi connectivity index (χ2n) is 6.25. The highest BCUT2D eigenvalue weighted by atomic mass is 16.1. The lowest BCUT2D eigenvalue weighted by Crippen LogP contribution is -2.39. The number of aldehydes is 1. The molecule has 0 amide bonds. The van der Waals surface area contributed by atoms with E-state index < -0.39 is 0 Å². The number of allylic oxidation sites excluding steroid dienone is 2. The summed E-state index contributed by atoms with van der Waals surface area (Å²) in [4.78, 5) is 19.1. The smallest absolute Gasteiger partial charge is 0.168 e. The predicted octanol–water partition coefficient (Wildman–Crippen LogP) is 1.74. The highest BCUT2D eigenvalue weighted by molar-refractivity contribution is 5.74. The van der Waals surface area contributed by atoms with Gasteiger partial charge in [0, 0.05) is 26.1 Å². The number of rotatable bonds is 9. The van der Waals surface area contributed by atoms with Crippen LogP contribution in [0.2, 0.25) is 0 Å². The summed E-state index contributed by atoms with van der Waals surface area (Å²) in [5.41, 5.74) is 1.58. The summed E-state index contributed by atoms with van der Waals surface area (Å²) < 4.78 is 2.19. The van der Waals surface area contributed by atoms with Crippen molar-refractivity contribution in [3.8, 4) is 0 Å². The van der Waals surface area contributed by atoms with Gasteiger partial charge in [0.1, 0.15) is 11.5 Å². The molecule has 0 aromatic carbocycles. The first-order chi connectivity index (χ1) is 11.8. The van der Waals surface area contributed by atoms with Gasteiger partial charge in [-0.15, -0.1) is 0 Å². The number of nitrogens with one attached hydrogen (secondary N) is 2. The SMILES string of the molecule is CCCN(CCNC)C1CC/C=C\Cc2nc(CNC)c(C=O)n21. The lowest BCUT2D eigenvalue weighted by molar-refractivity contribution is 0.106. The minimum absolute atomic E-state index is 0.191. The Kier molecular flexibility index (Phi) is 7.62. The number of carbonyl (C=O) groups is 1. The molecule has 2 N–H and O–H groups in total. The second-order valence-corrected chi connectivity index (χ2v) is 6.25. The first-order valence-corrected chi connectivity index (χ1v) is 9.00. The Hall–Kier alpha value is -1.50. The molecule has 0 saturated carbocycles. The first kappa shape index (κ1) is 18.8. The molecular formula is C18H31N5O. The van der Waals surface area contributed by atoms with Crippen LogP contribution in [0.3, 0.4) is 0 Å². The summed E-state index contributed by atoms with van der Waals surface area (Å²) in [6, 6.07) is 0. The highest BCUT2D eigenvalue weighted by Gasteiger charge is 2.27.